The summed E-state index contributed by atoms with van der Waals surface area (Å²) in [6, 6.07) is 9.29. The van der Waals surface area contributed by atoms with Crippen molar-refractivity contribution in [3.63, 3.8) is 0 Å². The molecule has 1 aromatic carbocycles. The number of nitriles is 1. The summed E-state index contributed by atoms with van der Waals surface area (Å²) in [6.07, 6.45) is 0. The van der Waals surface area contributed by atoms with E-state index in [1.165, 1.54) is 0 Å². The third kappa shape index (κ3) is 4.45. The van der Waals surface area contributed by atoms with Gasteiger partial charge in [0.25, 0.3) is 0 Å². The molecule has 0 atom stereocenters. The standard InChI is InChI=1S/C17H22N6OS/c1-11(2)23-14(21-22-16(23)25)9-19-15(24)20-13-7-5-12(6-8-13)17(3,4)10-18/h5-8,11H,9H2,1-4H3,(H,22,25)(H2,19,20,24). The van der Waals surface area contributed by atoms with Gasteiger partial charge >= 0.3 is 6.03 Å². The zero-order chi connectivity index (χ0) is 18.6. The molecule has 25 heavy (non-hydrogen) atoms. The van der Waals surface area contributed by atoms with Crippen molar-refractivity contribution in [2.75, 3.05) is 5.32 Å². The molecule has 8 heteroatoms. The van der Waals surface area contributed by atoms with E-state index in [1.54, 1.807) is 12.1 Å². The van der Waals surface area contributed by atoms with Crippen LogP contribution in [0, 0.1) is 16.1 Å². The highest BCUT2D eigenvalue weighted by Crippen LogP contribution is 2.23. The SMILES string of the molecule is CC(C)n1c(CNC(=O)Nc2ccc(C(C)(C)C#N)cc2)n[nH]c1=S. The number of nitrogens with one attached hydrogen (secondary N) is 3. The van der Waals surface area contributed by atoms with Gasteiger partial charge in [-0.15, -0.1) is 0 Å². The first-order valence-corrected chi connectivity index (χ1v) is 8.38. The number of carbonyl (C=O) groups is 1. The van der Waals surface area contributed by atoms with Gasteiger partial charge in [0.15, 0.2) is 10.6 Å². The van der Waals surface area contributed by atoms with Crippen molar-refractivity contribution in [1.82, 2.24) is 20.1 Å². The first-order chi connectivity index (χ1) is 11.7. The topological polar surface area (TPSA) is 98.5 Å². The minimum absolute atomic E-state index is 0.155. The fourth-order valence-corrected chi connectivity index (χ4v) is 2.73. The van der Waals surface area contributed by atoms with Gasteiger partial charge < -0.3 is 15.2 Å². The van der Waals surface area contributed by atoms with Gasteiger partial charge in [-0.3, -0.25) is 5.10 Å². The molecule has 0 saturated heterocycles. The van der Waals surface area contributed by atoms with Gasteiger partial charge in [0, 0.05) is 11.7 Å². The van der Waals surface area contributed by atoms with E-state index < -0.39 is 5.41 Å². The number of anilines is 1. The molecule has 0 saturated carbocycles. The van der Waals surface area contributed by atoms with E-state index in [0.29, 0.717) is 16.3 Å². The molecule has 3 N–H and O–H groups in total. The molecule has 7 nitrogen and oxygen atoms in total. The lowest BCUT2D eigenvalue weighted by Crippen LogP contribution is -2.29. The fourth-order valence-electron chi connectivity index (χ4n) is 2.36. The maximum absolute atomic E-state index is 12.1. The van der Waals surface area contributed by atoms with Crippen LogP contribution in [0.3, 0.4) is 0 Å². The Morgan fingerprint density at radius 3 is 2.60 bits per heavy atom. The molecule has 2 rings (SSSR count). The van der Waals surface area contributed by atoms with E-state index in [4.69, 9.17) is 17.5 Å². The Hall–Kier alpha value is -2.66. The second kappa shape index (κ2) is 7.49. The number of aromatic amines is 1. The number of hydrogen-bond donors (Lipinski definition) is 3. The highest BCUT2D eigenvalue weighted by molar-refractivity contribution is 7.71. The summed E-state index contributed by atoms with van der Waals surface area (Å²) in [7, 11) is 0. The Morgan fingerprint density at radius 1 is 1.40 bits per heavy atom. The molecule has 1 aromatic heterocycles. The van der Waals surface area contributed by atoms with Crippen LogP contribution >= 0.6 is 12.2 Å². The van der Waals surface area contributed by atoms with Crippen LogP contribution in [0.1, 0.15) is 45.1 Å². The Morgan fingerprint density at radius 2 is 2.04 bits per heavy atom. The Kier molecular flexibility index (Phi) is 5.59. The second-order valence-electron chi connectivity index (χ2n) is 6.53. The number of H-pyrrole nitrogens is 1. The summed E-state index contributed by atoms with van der Waals surface area (Å²) in [5, 5.41) is 21.5. The van der Waals surface area contributed by atoms with E-state index in [2.05, 4.69) is 26.9 Å². The average Bonchev–Trinajstić information content (AvgIpc) is 2.94. The maximum Gasteiger partial charge on any atom is 0.319 e. The summed E-state index contributed by atoms with van der Waals surface area (Å²) < 4.78 is 2.39. The fraction of sp³-hybridized carbons (Fsp3) is 0.412. The number of benzene rings is 1. The summed E-state index contributed by atoms with van der Waals surface area (Å²) in [6.45, 7) is 7.96. The number of carbonyl (C=O) groups excluding carboxylic acids is 1. The summed E-state index contributed by atoms with van der Waals surface area (Å²) in [4.78, 5) is 12.1. The second-order valence-corrected chi connectivity index (χ2v) is 6.92. The van der Waals surface area contributed by atoms with Crippen molar-refractivity contribution in [1.29, 1.82) is 5.26 Å². The summed E-state index contributed by atoms with van der Waals surface area (Å²) in [5.41, 5.74) is 0.985. The van der Waals surface area contributed by atoms with Gasteiger partial charge in [0.1, 0.15) is 0 Å². The molecular formula is C17H22N6OS. The van der Waals surface area contributed by atoms with Crippen LogP contribution in [0.15, 0.2) is 24.3 Å². The van der Waals surface area contributed by atoms with Crippen molar-refractivity contribution < 1.29 is 4.79 Å². The van der Waals surface area contributed by atoms with Gasteiger partial charge in [-0.1, -0.05) is 12.1 Å². The molecule has 0 bridgehead atoms. The molecule has 132 valence electrons. The summed E-state index contributed by atoms with van der Waals surface area (Å²) >= 11 is 5.18. The van der Waals surface area contributed by atoms with Crippen LogP contribution in [0.25, 0.3) is 0 Å². The van der Waals surface area contributed by atoms with Crippen LogP contribution in [-0.4, -0.2) is 20.8 Å². The predicted molar refractivity (Wildman–Crippen MR) is 98.7 cm³/mol. The van der Waals surface area contributed by atoms with Gasteiger partial charge in [-0.25, -0.2) is 4.79 Å². The average molecular weight is 358 g/mol. The molecule has 0 aliphatic rings. The Balaban J connectivity index is 1.97. The van der Waals surface area contributed by atoms with Crippen LogP contribution in [0.5, 0.6) is 0 Å². The molecule has 1 heterocycles. The van der Waals surface area contributed by atoms with Crippen molar-refractivity contribution in [3.05, 3.63) is 40.4 Å². The molecule has 2 amide bonds. The third-order valence-electron chi connectivity index (χ3n) is 3.84. The number of rotatable bonds is 5. The highest BCUT2D eigenvalue weighted by atomic mass is 32.1. The minimum Gasteiger partial charge on any atom is -0.331 e. The largest absolute Gasteiger partial charge is 0.331 e. The van der Waals surface area contributed by atoms with Crippen LogP contribution < -0.4 is 10.6 Å². The quantitative estimate of drug-likeness (QED) is 0.711. The van der Waals surface area contributed by atoms with Crippen molar-refractivity contribution in [2.45, 2.75) is 45.7 Å². The van der Waals surface area contributed by atoms with E-state index in [1.807, 2.05) is 44.4 Å². The van der Waals surface area contributed by atoms with Crippen LogP contribution in [0.4, 0.5) is 10.5 Å². The van der Waals surface area contributed by atoms with Crippen molar-refractivity contribution >= 4 is 23.9 Å². The smallest absolute Gasteiger partial charge is 0.319 e. The molecule has 0 aliphatic heterocycles. The zero-order valence-corrected chi connectivity index (χ0v) is 15.6. The number of amides is 2. The maximum atomic E-state index is 12.1. The van der Waals surface area contributed by atoms with E-state index in [9.17, 15) is 4.79 Å². The molecule has 0 spiro atoms. The first-order valence-electron chi connectivity index (χ1n) is 7.97. The van der Waals surface area contributed by atoms with Crippen LogP contribution in [0.2, 0.25) is 0 Å². The lowest BCUT2D eigenvalue weighted by Gasteiger charge is -2.16. The number of urea groups is 1. The van der Waals surface area contributed by atoms with Gasteiger partial charge in [-0.05, 0) is 57.6 Å². The Bertz CT molecular complexity index is 841. The molecular weight excluding hydrogens is 336 g/mol. The number of aromatic nitrogens is 3. The van der Waals surface area contributed by atoms with Crippen molar-refractivity contribution in [3.8, 4) is 6.07 Å². The van der Waals surface area contributed by atoms with Gasteiger partial charge in [0.05, 0.1) is 18.0 Å². The highest BCUT2D eigenvalue weighted by Gasteiger charge is 2.19. The van der Waals surface area contributed by atoms with Crippen LogP contribution in [-0.2, 0) is 12.0 Å². The lowest BCUT2D eigenvalue weighted by atomic mass is 9.86. The lowest BCUT2D eigenvalue weighted by molar-refractivity contribution is 0.251. The molecule has 0 unspecified atom stereocenters. The summed E-state index contributed by atoms with van der Waals surface area (Å²) in [5.74, 6) is 0.668. The normalized spacial score (nSPS) is 11.2. The number of hydrogen-bond acceptors (Lipinski definition) is 4. The monoisotopic (exact) mass is 358 g/mol. The Labute approximate surface area is 152 Å². The molecule has 2 aromatic rings. The van der Waals surface area contributed by atoms with E-state index in [0.717, 1.165) is 5.56 Å². The zero-order valence-electron chi connectivity index (χ0n) is 14.8. The van der Waals surface area contributed by atoms with E-state index >= 15 is 0 Å². The van der Waals surface area contributed by atoms with E-state index in [-0.39, 0.29) is 18.6 Å². The molecule has 0 radical (unpaired) electrons. The first kappa shape index (κ1) is 18.7. The van der Waals surface area contributed by atoms with Gasteiger partial charge in [0.2, 0.25) is 0 Å². The number of nitrogens with zero attached hydrogens (tertiary/aromatic N) is 3. The minimum atomic E-state index is -0.562. The van der Waals surface area contributed by atoms with Crippen molar-refractivity contribution in [2.24, 2.45) is 0 Å². The molecule has 0 aliphatic carbocycles. The predicted octanol–water partition coefficient (Wildman–Crippen LogP) is 3.64. The van der Waals surface area contributed by atoms with Gasteiger partial charge in [-0.2, -0.15) is 10.4 Å². The molecule has 0 fully saturated rings. The third-order valence-corrected chi connectivity index (χ3v) is 4.13.